The van der Waals surface area contributed by atoms with E-state index in [-0.39, 0.29) is 24.0 Å². The Bertz CT molecular complexity index is 392. The number of nitrogens with zero attached hydrogens (tertiary/aromatic N) is 2. The van der Waals surface area contributed by atoms with Crippen LogP contribution in [0.2, 0.25) is 0 Å². The second-order valence-corrected chi connectivity index (χ2v) is 6.19. The first-order valence-corrected chi connectivity index (χ1v) is 7.91. The number of guanidine groups is 1. The van der Waals surface area contributed by atoms with Crippen molar-refractivity contribution in [3.8, 4) is 0 Å². The van der Waals surface area contributed by atoms with Gasteiger partial charge in [0.05, 0.1) is 11.6 Å². The highest BCUT2D eigenvalue weighted by atomic mass is 127. The van der Waals surface area contributed by atoms with Gasteiger partial charge >= 0.3 is 0 Å². The largest absolute Gasteiger partial charge is 0.370 e. The number of nitrogens with one attached hydrogen (secondary N) is 1. The first-order chi connectivity index (χ1) is 9.13. The van der Waals surface area contributed by atoms with Gasteiger partial charge in [-0.3, -0.25) is 4.99 Å². The van der Waals surface area contributed by atoms with Crippen LogP contribution in [0, 0.1) is 6.92 Å². The molecule has 20 heavy (non-hydrogen) atoms. The lowest BCUT2D eigenvalue weighted by atomic mass is 10.2. The van der Waals surface area contributed by atoms with E-state index in [0.717, 1.165) is 18.0 Å². The van der Waals surface area contributed by atoms with Crippen molar-refractivity contribution in [3.05, 3.63) is 16.1 Å². The van der Waals surface area contributed by atoms with Crippen LogP contribution in [0.25, 0.3) is 0 Å². The van der Waals surface area contributed by atoms with E-state index in [1.165, 1.54) is 24.1 Å². The summed E-state index contributed by atoms with van der Waals surface area (Å²) in [6.45, 7) is 8.03. The first-order valence-electron chi connectivity index (χ1n) is 7.09. The molecular formula is C14H27IN4S. The Morgan fingerprint density at radius 2 is 2.20 bits per heavy atom. The summed E-state index contributed by atoms with van der Waals surface area (Å²) in [5.41, 5.74) is 5.84. The third-order valence-electron chi connectivity index (χ3n) is 2.93. The molecule has 0 aromatic carbocycles. The minimum absolute atomic E-state index is 0. The predicted molar refractivity (Wildman–Crippen MR) is 99.3 cm³/mol. The molecule has 6 heteroatoms. The molecule has 1 unspecified atom stereocenters. The van der Waals surface area contributed by atoms with E-state index in [2.05, 4.69) is 36.1 Å². The summed E-state index contributed by atoms with van der Waals surface area (Å²) < 4.78 is 0. The quantitative estimate of drug-likeness (QED) is 0.298. The molecule has 116 valence electrons. The van der Waals surface area contributed by atoms with Gasteiger partial charge in [0.15, 0.2) is 5.96 Å². The van der Waals surface area contributed by atoms with E-state index in [0.29, 0.717) is 18.4 Å². The van der Waals surface area contributed by atoms with Crippen LogP contribution in [0.3, 0.4) is 0 Å². The smallest absolute Gasteiger partial charge is 0.188 e. The Hall–Kier alpha value is -0.370. The Morgan fingerprint density at radius 3 is 2.80 bits per heavy atom. The molecule has 1 rings (SSSR count). The zero-order valence-corrected chi connectivity index (χ0v) is 15.8. The van der Waals surface area contributed by atoms with Crippen LogP contribution in [0.15, 0.2) is 11.2 Å². The number of rotatable bonds is 8. The van der Waals surface area contributed by atoms with E-state index in [4.69, 9.17) is 5.73 Å². The fraction of sp³-hybridized carbons (Fsp3) is 0.714. The van der Waals surface area contributed by atoms with E-state index in [9.17, 15) is 0 Å². The molecule has 1 heterocycles. The van der Waals surface area contributed by atoms with Gasteiger partial charge in [-0.2, -0.15) is 0 Å². The lowest BCUT2D eigenvalue weighted by Crippen LogP contribution is -2.32. The fourth-order valence-corrected chi connectivity index (χ4v) is 2.55. The lowest BCUT2D eigenvalue weighted by molar-refractivity contribution is 0.651. The van der Waals surface area contributed by atoms with E-state index >= 15 is 0 Å². The van der Waals surface area contributed by atoms with Crippen LogP contribution in [-0.4, -0.2) is 24.0 Å². The summed E-state index contributed by atoms with van der Waals surface area (Å²) in [6.07, 6.45) is 6.87. The van der Waals surface area contributed by atoms with Crippen LogP contribution in [0.4, 0.5) is 0 Å². The number of aliphatic imine (C=N–C) groups is 1. The average Bonchev–Trinajstić information content (AvgIpc) is 2.82. The van der Waals surface area contributed by atoms with E-state index in [1.807, 2.05) is 6.20 Å². The molecular weight excluding hydrogens is 383 g/mol. The van der Waals surface area contributed by atoms with Gasteiger partial charge < -0.3 is 11.1 Å². The fourth-order valence-electron chi connectivity index (χ4n) is 1.74. The zero-order chi connectivity index (χ0) is 14.1. The summed E-state index contributed by atoms with van der Waals surface area (Å²) in [4.78, 5) is 10.00. The highest BCUT2D eigenvalue weighted by Gasteiger charge is 2.08. The molecule has 0 saturated carbocycles. The van der Waals surface area contributed by atoms with Crippen LogP contribution in [0.1, 0.15) is 55.3 Å². The van der Waals surface area contributed by atoms with E-state index in [1.54, 1.807) is 11.3 Å². The van der Waals surface area contributed by atoms with Crippen LogP contribution in [-0.2, 0) is 0 Å². The number of aryl methyl sites for hydroxylation is 1. The normalized spacial score (nSPS) is 12.8. The molecule has 0 aliphatic rings. The molecule has 1 aromatic rings. The Morgan fingerprint density at radius 1 is 1.45 bits per heavy atom. The van der Waals surface area contributed by atoms with Gasteiger partial charge in [0, 0.05) is 23.5 Å². The highest BCUT2D eigenvalue weighted by molar-refractivity contribution is 14.0. The van der Waals surface area contributed by atoms with Gasteiger partial charge in [-0.1, -0.05) is 33.1 Å². The maximum absolute atomic E-state index is 5.84. The van der Waals surface area contributed by atoms with Gasteiger partial charge in [-0.25, -0.2) is 4.98 Å². The molecule has 1 atom stereocenters. The molecule has 0 saturated heterocycles. The third kappa shape index (κ3) is 8.04. The molecule has 0 aliphatic heterocycles. The van der Waals surface area contributed by atoms with Gasteiger partial charge in [-0.15, -0.1) is 35.3 Å². The summed E-state index contributed by atoms with van der Waals surface area (Å²) in [7, 11) is 0. The number of thiazole rings is 1. The molecule has 1 aromatic heterocycles. The van der Waals surface area contributed by atoms with Gasteiger partial charge in [-0.05, 0) is 13.3 Å². The predicted octanol–water partition coefficient (Wildman–Crippen LogP) is 3.66. The molecule has 3 N–H and O–H groups in total. The third-order valence-corrected chi connectivity index (χ3v) is 4.08. The number of aromatic nitrogens is 1. The number of unbranched alkanes of at least 4 members (excludes halogenated alkanes) is 3. The van der Waals surface area contributed by atoms with Gasteiger partial charge in [0.1, 0.15) is 0 Å². The molecule has 0 aliphatic carbocycles. The minimum Gasteiger partial charge on any atom is -0.370 e. The second-order valence-electron chi connectivity index (χ2n) is 4.92. The average molecular weight is 410 g/mol. The van der Waals surface area contributed by atoms with Crippen molar-refractivity contribution < 1.29 is 0 Å². The number of hydrogen-bond donors (Lipinski definition) is 2. The van der Waals surface area contributed by atoms with Crippen molar-refractivity contribution >= 4 is 41.3 Å². The maximum Gasteiger partial charge on any atom is 0.188 e. The lowest BCUT2D eigenvalue weighted by Gasteiger charge is -2.07. The zero-order valence-electron chi connectivity index (χ0n) is 12.7. The topological polar surface area (TPSA) is 63.3 Å². The highest BCUT2D eigenvalue weighted by Crippen LogP contribution is 2.20. The number of halogens is 1. The van der Waals surface area contributed by atoms with Gasteiger partial charge in [0.2, 0.25) is 0 Å². The van der Waals surface area contributed by atoms with Crippen molar-refractivity contribution in [2.24, 2.45) is 10.7 Å². The number of hydrogen-bond acceptors (Lipinski definition) is 3. The Labute approximate surface area is 143 Å². The van der Waals surface area contributed by atoms with Crippen molar-refractivity contribution in [2.45, 2.75) is 52.4 Å². The Kier molecular flexibility index (Phi) is 11.1. The molecule has 0 bridgehead atoms. The van der Waals surface area contributed by atoms with Crippen molar-refractivity contribution in [3.63, 3.8) is 0 Å². The molecule has 0 spiro atoms. The summed E-state index contributed by atoms with van der Waals surface area (Å²) in [5.74, 6) is 0.885. The molecule has 0 fully saturated rings. The van der Waals surface area contributed by atoms with Gasteiger partial charge in [0.25, 0.3) is 0 Å². The molecule has 0 radical (unpaired) electrons. The first kappa shape index (κ1) is 19.6. The van der Waals surface area contributed by atoms with Crippen molar-refractivity contribution in [2.75, 3.05) is 13.1 Å². The van der Waals surface area contributed by atoms with Crippen molar-refractivity contribution in [1.29, 1.82) is 0 Å². The standard InChI is InChI=1S/C14H26N4S.HI/c1-4-5-6-7-8-16-14(15)18-9-11(2)13-17-10-12(3)19-13;/h10-11H,4-9H2,1-3H3,(H3,15,16,18);1H. The second kappa shape index (κ2) is 11.3. The van der Waals surface area contributed by atoms with Crippen LogP contribution >= 0.6 is 35.3 Å². The minimum atomic E-state index is 0. The number of nitrogens with two attached hydrogens (primary N) is 1. The van der Waals surface area contributed by atoms with Crippen LogP contribution in [0.5, 0.6) is 0 Å². The maximum atomic E-state index is 5.84. The van der Waals surface area contributed by atoms with Crippen molar-refractivity contribution in [1.82, 2.24) is 10.3 Å². The summed E-state index contributed by atoms with van der Waals surface area (Å²) >= 11 is 1.73. The molecule has 0 amide bonds. The van der Waals surface area contributed by atoms with E-state index < -0.39 is 0 Å². The van der Waals surface area contributed by atoms with Crippen LogP contribution < -0.4 is 11.1 Å². The molecule has 4 nitrogen and oxygen atoms in total. The monoisotopic (exact) mass is 410 g/mol. The SMILES string of the molecule is CCCCCCNC(N)=NCC(C)c1ncc(C)s1.I. The summed E-state index contributed by atoms with van der Waals surface area (Å²) in [6, 6.07) is 0. The Balaban J connectivity index is 0.00000361. The summed E-state index contributed by atoms with van der Waals surface area (Å²) in [5, 5.41) is 4.30.